The minimum Gasteiger partial charge on any atom is -0.394 e. The number of hydrogen-bond donors (Lipinski definition) is 5. The molecule has 8 heteroatoms. The van der Waals surface area contributed by atoms with Crippen molar-refractivity contribution >= 4 is 29.0 Å². The Morgan fingerprint density at radius 2 is 1.71 bits per heavy atom. The molecule has 0 radical (unpaired) electrons. The summed E-state index contributed by atoms with van der Waals surface area (Å²) in [5.41, 5.74) is 0. The summed E-state index contributed by atoms with van der Waals surface area (Å²) < 4.78 is 4.06. The van der Waals surface area contributed by atoms with Crippen LogP contribution in [0.1, 0.15) is 0 Å². The van der Waals surface area contributed by atoms with Gasteiger partial charge in [-0.2, -0.15) is 0 Å². The molecule has 0 aliphatic heterocycles. The molecule has 0 rings (SSSR count). The van der Waals surface area contributed by atoms with Gasteiger partial charge in [0.2, 0.25) is 0 Å². The lowest BCUT2D eigenvalue weighted by Crippen LogP contribution is -2.48. The molecule has 0 aliphatic carbocycles. The van der Waals surface area contributed by atoms with E-state index in [1.165, 1.54) is 23.0 Å². The van der Waals surface area contributed by atoms with E-state index in [1.54, 1.807) is 0 Å². The van der Waals surface area contributed by atoms with E-state index in [1.807, 2.05) is 0 Å². The monoisotopic (exact) mass is 322 g/mol. The Balaban J connectivity index is 4.30. The molecule has 0 aromatic carbocycles. The van der Waals surface area contributed by atoms with Crippen molar-refractivity contribution in [2.24, 2.45) is 0 Å². The number of aliphatic hydroxyl groups excluding tert-OH is 5. The Hall–Kier alpha value is -0.0000000000000000694. The molecule has 0 fully saturated rings. The van der Waals surface area contributed by atoms with Gasteiger partial charge in [-0.05, 0) is 0 Å². The first-order chi connectivity index (χ1) is 6.45. The van der Waals surface area contributed by atoms with Gasteiger partial charge in [0.05, 0.1) is 6.61 Å². The zero-order valence-electron chi connectivity index (χ0n) is 6.95. The van der Waals surface area contributed by atoms with Gasteiger partial charge in [0, 0.05) is 0 Å². The molecule has 0 aliphatic rings. The van der Waals surface area contributed by atoms with Crippen molar-refractivity contribution in [3.05, 3.63) is 0 Å². The van der Waals surface area contributed by atoms with Crippen LogP contribution < -0.4 is 0 Å². The van der Waals surface area contributed by atoms with Crippen molar-refractivity contribution in [3.63, 3.8) is 0 Å². The molecule has 0 amide bonds. The zero-order valence-corrected chi connectivity index (χ0v) is 9.10. The number of rotatable bonds is 5. The Kier molecular flexibility index (Phi) is 6.48. The number of carbonyl (C=O) groups is 1. The van der Waals surface area contributed by atoms with Gasteiger partial charge >= 0.3 is 5.97 Å². The summed E-state index contributed by atoms with van der Waals surface area (Å²) >= 11 is 1.20. The van der Waals surface area contributed by atoms with Gasteiger partial charge < -0.3 is 28.6 Å². The Labute approximate surface area is 93.6 Å². The number of aliphatic hydroxyl groups is 5. The lowest BCUT2D eigenvalue weighted by atomic mass is 10.0. The van der Waals surface area contributed by atoms with E-state index in [0.29, 0.717) is 0 Å². The van der Waals surface area contributed by atoms with E-state index in [0.717, 1.165) is 0 Å². The van der Waals surface area contributed by atoms with Crippen LogP contribution in [0.4, 0.5) is 0 Å². The summed E-state index contributed by atoms with van der Waals surface area (Å²) in [6, 6.07) is 0. The first-order valence-corrected chi connectivity index (χ1v) is 4.49. The van der Waals surface area contributed by atoms with Gasteiger partial charge in [-0.3, -0.25) is 0 Å². The van der Waals surface area contributed by atoms with Crippen LogP contribution in [0, 0.1) is 0 Å². The van der Waals surface area contributed by atoms with E-state index in [-0.39, 0.29) is 0 Å². The molecule has 0 bridgehead atoms. The topological polar surface area (TPSA) is 127 Å². The Morgan fingerprint density at radius 1 is 1.21 bits per heavy atom. The molecule has 0 heterocycles. The molecule has 4 atom stereocenters. The third kappa shape index (κ3) is 3.63. The SMILES string of the molecule is O=C(OI)[C@H](O)[C@@H](O)[C@H](O)[C@H](O)CO. The average Bonchev–Trinajstić information content (AvgIpc) is 2.23. The van der Waals surface area contributed by atoms with Crippen molar-refractivity contribution in [1.82, 2.24) is 0 Å². The van der Waals surface area contributed by atoms with Gasteiger partial charge in [-0.1, -0.05) is 0 Å². The summed E-state index contributed by atoms with van der Waals surface area (Å²) in [7, 11) is 0. The lowest BCUT2D eigenvalue weighted by molar-refractivity contribution is -0.158. The Bertz CT molecular complexity index is 187. The summed E-state index contributed by atoms with van der Waals surface area (Å²) in [6.45, 7) is -0.801. The van der Waals surface area contributed by atoms with Crippen LogP contribution in [0.5, 0.6) is 0 Å². The smallest absolute Gasteiger partial charge is 0.347 e. The second kappa shape index (κ2) is 6.48. The van der Waals surface area contributed by atoms with Gasteiger partial charge in [0.15, 0.2) is 29.1 Å². The van der Waals surface area contributed by atoms with Gasteiger partial charge in [-0.15, -0.1) is 0 Å². The van der Waals surface area contributed by atoms with Crippen LogP contribution in [0.2, 0.25) is 0 Å². The van der Waals surface area contributed by atoms with Crippen LogP contribution in [0.25, 0.3) is 0 Å². The minimum atomic E-state index is -1.97. The van der Waals surface area contributed by atoms with E-state index in [4.69, 9.17) is 25.5 Å². The largest absolute Gasteiger partial charge is 0.394 e. The fourth-order valence-corrected chi connectivity index (χ4v) is 0.968. The highest BCUT2D eigenvalue weighted by atomic mass is 127. The molecule has 0 unspecified atom stereocenters. The maximum atomic E-state index is 10.7. The first kappa shape index (κ1) is 14.0. The fourth-order valence-electron chi connectivity index (χ4n) is 0.707. The highest BCUT2D eigenvalue weighted by Crippen LogP contribution is 2.07. The van der Waals surface area contributed by atoms with Gasteiger partial charge in [0.1, 0.15) is 18.3 Å². The fraction of sp³-hybridized carbons (Fsp3) is 0.833. The minimum absolute atomic E-state index is 0.801. The molecule has 84 valence electrons. The predicted molar refractivity (Wildman–Crippen MR) is 51.2 cm³/mol. The summed E-state index contributed by atoms with van der Waals surface area (Å²) in [6.07, 6.45) is -7.35. The van der Waals surface area contributed by atoms with E-state index in [9.17, 15) is 4.79 Å². The van der Waals surface area contributed by atoms with Crippen LogP contribution >= 0.6 is 23.0 Å². The highest BCUT2D eigenvalue weighted by molar-refractivity contribution is 14.1. The summed E-state index contributed by atoms with van der Waals surface area (Å²) in [5, 5.41) is 44.5. The summed E-state index contributed by atoms with van der Waals surface area (Å²) in [5.74, 6) is -1.15. The molecular formula is C6H11IO7. The molecule has 0 saturated heterocycles. The molecule has 14 heavy (non-hydrogen) atoms. The maximum Gasteiger partial charge on any atom is 0.347 e. The van der Waals surface area contributed by atoms with Crippen LogP contribution in [0.3, 0.4) is 0 Å². The summed E-state index contributed by atoms with van der Waals surface area (Å²) in [4.78, 5) is 10.7. The molecule has 0 aromatic heterocycles. The molecular weight excluding hydrogens is 311 g/mol. The Morgan fingerprint density at radius 3 is 2.07 bits per heavy atom. The van der Waals surface area contributed by atoms with Crippen LogP contribution in [0.15, 0.2) is 0 Å². The van der Waals surface area contributed by atoms with E-state index >= 15 is 0 Å². The third-order valence-electron chi connectivity index (χ3n) is 1.57. The van der Waals surface area contributed by atoms with E-state index < -0.39 is 37.0 Å². The van der Waals surface area contributed by atoms with Gasteiger partial charge in [-0.25, -0.2) is 4.79 Å². The third-order valence-corrected chi connectivity index (χ3v) is 2.01. The second-order valence-corrected chi connectivity index (χ2v) is 3.01. The van der Waals surface area contributed by atoms with E-state index in [2.05, 4.69) is 3.07 Å². The van der Waals surface area contributed by atoms with Crippen LogP contribution in [-0.2, 0) is 7.86 Å². The molecule has 7 nitrogen and oxygen atoms in total. The predicted octanol–water partition coefficient (Wildman–Crippen LogP) is -2.68. The maximum absolute atomic E-state index is 10.7. The quantitative estimate of drug-likeness (QED) is 0.349. The second-order valence-electron chi connectivity index (χ2n) is 2.57. The number of carbonyl (C=O) groups excluding carboxylic acids is 1. The van der Waals surface area contributed by atoms with Crippen molar-refractivity contribution in [3.8, 4) is 0 Å². The molecule has 5 N–H and O–H groups in total. The molecule has 0 spiro atoms. The van der Waals surface area contributed by atoms with Crippen molar-refractivity contribution < 1.29 is 33.4 Å². The molecule has 0 aromatic rings. The average molecular weight is 322 g/mol. The number of halogens is 1. The lowest BCUT2D eigenvalue weighted by Gasteiger charge is -2.23. The highest BCUT2D eigenvalue weighted by Gasteiger charge is 2.34. The van der Waals surface area contributed by atoms with Crippen LogP contribution in [-0.4, -0.2) is 62.5 Å². The first-order valence-electron chi connectivity index (χ1n) is 3.61. The zero-order chi connectivity index (χ0) is 11.3. The normalized spacial score (nSPS) is 19.6. The molecule has 0 saturated carbocycles. The van der Waals surface area contributed by atoms with Gasteiger partial charge in [0.25, 0.3) is 0 Å². The van der Waals surface area contributed by atoms with Crippen molar-refractivity contribution in [2.45, 2.75) is 24.4 Å². The van der Waals surface area contributed by atoms with Crippen molar-refractivity contribution in [1.29, 1.82) is 0 Å². The number of hydrogen-bond acceptors (Lipinski definition) is 7. The standard InChI is InChI=1S/C6H11IO7/c7-14-6(13)5(12)4(11)3(10)2(9)1-8/h2-5,8-12H,1H2/t2-,3-,4+,5-/m1/s1. The van der Waals surface area contributed by atoms with Crippen molar-refractivity contribution in [2.75, 3.05) is 6.61 Å².